The molecule has 0 saturated carbocycles. The molecule has 3 heteroatoms. The molecule has 0 aliphatic rings. The number of hydrogen-bond donors (Lipinski definition) is 1. The molecule has 23 heavy (non-hydrogen) atoms. The molecular formula is C20H14N2O. The van der Waals surface area contributed by atoms with Crippen LogP contribution >= 0.6 is 0 Å². The summed E-state index contributed by atoms with van der Waals surface area (Å²) in [5.74, 6) is -0.455. The van der Waals surface area contributed by atoms with Gasteiger partial charge < -0.3 is 5.73 Å². The number of nitrogens with zero attached hydrogens (tertiary/aromatic N) is 1. The highest BCUT2D eigenvalue weighted by atomic mass is 16.1. The number of para-hydroxylation sites is 1. The van der Waals surface area contributed by atoms with Gasteiger partial charge in [-0.3, -0.25) is 4.79 Å². The van der Waals surface area contributed by atoms with E-state index in [9.17, 15) is 4.79 Å². The summed E-state index contributed by atoms with van der Waals surface area (Å²) in [5.41, 5.74) is 9.72. The van der Waals surface area contributed by atoms with Gasteiger partial charge >= 0.3 is 0 Å². The lowest BCUT2D eigenvalue weighted by molar-refractivity contribution is 0.100. The van der Waals surface area contributed by atoms with Gasteiger partial charge in [0.05, 0.1) is 16.6 Å². The van der Waals surface area contributed by atoms with Crippen molar-refractivity contribution in [2.75, 3.05) is 0 Å². The van der Waals surface area contributed by atoms with Crippen LogP contribution in [0.25, 0.3) is 32.9 Å². The maximum atomic E-state index is 11.6. The van der Waals surface area contributed by atoms with Crippen LogP contribution in [-0.2, 0) is 0 Å². The van der Waals surface area contributed by atoms with Crippen molar-refractivity contribution in [1.82, 2.24) is 4.98 Å². The minimum Gasteiger partial charge on any atom is -0.366 e. The monoisotopic (exact) mass is 298 g/mol. The molecule has 0 atom stereocenters. The van der Waals surface area contributed by atoms with Gasteiger partial charge in [0, 0.05) is 10.8 Å². The van der Waals surface area contributed by atoms with E-state index in [-0.39, 0.29) is 0 Å². The van der Waals surface area contributed by atoms with E-state index in [2.05, 4.69) is 29.2 Å². The number of amides is 1. The Morgan fingerprint density at radius 1 is 0.783 bits per heavy atom. The zero-order valence-corrected chi connectivity index (χ0v) is 12.4. The van der Waals surface area contributed by atoms with Crippen molar-refractivity contribution in [3.63, 3.8) is 0 Å². The summed E-state index contributed by atoms with van der Waals surface area (Å²) in [6, 6.07) is 23.9. The first-order valence-corrected chi connectivity index (χ1v) is 7.41. The van der Waals surface area contributed by atoms with E-state index in [0.717, 1.165) is 21.9 Å². The zero-order chi connectivity index (χ0) is 15.8. The minimum absolute atomic E-state index is 0.455. The first-order valence-electron chi connectivity index (χ1n) is 7.41. The van der Waals surface area contributed by atoms with Gasteiger partial charge in [0.1, 0.15) is 0 Å². The molecule has 2 N–H and O–H groups in total. The molecule has 110 valence electrons. The molecule has 4 rings (SSSR count). The van der Waals surface area contributed by atoms with E-state index in [1.54, 1.807) is 6.07 Å². The number of nitrogens with two attached hydrogens (primary N) is 1. The predicted octanol–water partition coefficient (Wildman–Crippen LogP) is 4.15. The van der Waals surface area contributed by atoms with Crippen molar-refractivity contribution in [2.45, 2.75) is 0 Å². The van der Waals surface area contributed by atoms with Crippen LogP contribution < -0.4 is 5.73 Å². The first-order chi connectivity index (χ1) is 11.2. The lowest BCUT2D eigenvalue weighted by Crippen LogP contribution is -2.11. The van der Waals surface area contributed by atoms with E-state index in [0.29, 0.717) is 11.1 Å². The molecule has 0 unspecified atom stereocenters. The van der Waals surface area contributed by atoms with E-state index < -0.39 is 5.91 Å². The maximum Gasteiger partial charge on any atom is 0.250 e. The van der Waals surface area contributed by atoms with Crippen molar-refractivity contribution >= 4 is 27.7 Å². The fourth-order valence-electron chi connectivity index (χ4n) is 2.87. The molecule has 0 spiro atoms. The molecule has 1 aromatic heterocycles. The van der Waals surface area contributed by atoms with Gasteiger partial charge in [0.15, 0.2) is 0 Å². The summed E-state index contributed by atoms with van der Waals surface area (Å²) in [7, 11) is 0. The van der Waals surface area contributed by atoms with Crippen LogP contribution in [0.4, 0.5) is 0 Å². The summed E-state index contributed by atoms with van der Waals surface area (Å²) < 4.78 is 0. The molecule has 4 aromatic rings. The van der Waals surface area contributed by atoms with Gasteiger partial charge in [-0.25, -0.2) is 4.98 Å². The lowest BCUT2D eigenvalue weighted by Gasteiger charge is -2.07. The highest BCUT2D eigenvalue weighted by Crippen LogP contribution is 2.27. The van der Waals surface area contributed by atoms with E-state index in [1.165, 1.54) is 5.56 Å². The van der Waals surface area contributed by atoms with Gasteiger partial charge in [-0.05, 0) is 35.4 Å². The highest BCUT2D eigenvalue weighted by Gasteiger charge is 2.09. The molecule has 0 bridgehead atoms. The molecule has 0 fully saturated rings. The van der Waals surface area contributed by atoms with Crippen molar-refractivity contribution < 1.29 is 4.79 Å². The van der Waals surface area contributed by atoms with Crippen LogP contribution in [0.2, 0.25) is 0 Å². The standard InChI is InChI=1S/C20H14N2O/c21-20(23)17-8-4-7-15-12-16-11-14(13-5-2-1-3-6-13)9-10-18(16)22-19(15)17/h1-12H,(H2,21,23). The Morgan fingerprint density at radius 3 is 2.39 bits per heavy atom. The van der Waals surface area contributed by atoms with Gasteiger partial charge in [0.25, 0.3) is 5.91 Å². The number of hydrogen-bond acceptors (Lipinski definition) is 2. The second kappa shape index (κ2) is 5.21. The minimum atomic E-state index is -0.455. The van der Waals surface area contributed by atoms with E-state index >= 15 is 0 Å². The van der Waals surface area contributed by atoms with Gasteiger partial charge in [0.2, 0.25) is 0 Å². The second-order valence-corrected chi connectivity index (χ2v) is 5.50. The van der Waals surface area contributed by atoms with Gasteiger partial charge in [-0.15, -0.1) is 0 Å². The van der Waals surface area contributed by atoms with Crippen molar-refractivity contribution in [3.05, 3.63) is 78.4 Å². The van der Waals surface area contributed by atoms with Crippen LogP contribution in [0, 0.1) is 0 Å². The van der Waals surface area contributed by atoms with Crippen LogP contribution in [-0.4, -0.2) is 10.9 Å². The zero-order valence-electron chi connectivity index (χ0n) is 12.4. The first kappa shape index (κ1) is 13.5. The molecule has 1 amide bonds. The van der Waals surface area contributed by atoms with Crippen molar-refractivity contribution in [2.24, 2.45) is 5.73 Å². The number of pyridine rings is 1. The lowest BCUT2D eigenvalue weighted by atomic mass is 10.0. The Labute approximate surface area is 133 Å². The smallest absolute Gasteiger partial charge is 0.250 e. The van der Waals surface area contributed by atoms with Crippen LogP contribution in [0.5, 0.6) is 0 Å². The average Bonchev–Trinajstić information content (AvgIpc) is 2.59. The summed E-state index contributed by atoms with van der Waals surface area (Å²) in [4.78, 5) is 16.2. The van der Waals surface area contributed by atoms with Crippen molar-refractivity contribution in [3.8, 4) is 11.1 Å². The third-order valence-corrected chi connectivity index (χ3v) is 4.01. The largest absolute Gasteiger partial charge is 0.366 e. The number of primary amides is 1. The molecule has 0 aliphatic carbocycles. The molecular weight excluding hydrogens is 284 g/mol. The Balaban J connectivity index is 1.97. The van der Waals surface area contributed by atoms with Gasteiger partial charge in [-0.2, -0.15) is 0 Å². The topological polar surface area (TPSA) is 56.0 Å². The summed E-state index contributed by atoms with van der Waals surface area (Å²) >= 11 is 0. The number of carbonyl (C=O) groups is 1. The molecule has 1 heterocycles. The molecule has 0 aliphatic heterocycles. The third-order valence-electron chi connectivity index (χ3n) is 4.01. The highest BCUT2D eigenvalue weighted by molar-refractivity contribution is 6.07. The fraction of sp³-hybridized carbons (Fsp3) is 0. The fourth-order valence-corrected chi connectivity index (χ4v) is 2.87. The Hall–Kier alpha value is -3.20. The van der Waals surface area contributed by atoms with Crippen LogP contribution in [0.15, 0.2) is 72.8 Å². The maximum absolute atomic E-state index is 11.6. The van der Waals surface area contributed by atoms with Crippen LogP contribution in [0.3, 0.4) is 0 Å². The molecule has 3 nitrogen and oxygen atoms in total. The Morgan fingerprint density at radius 2 is 1.61 bits per heavy atom. The summed E-state index contributed by atoms with van der Waals surface area (Å²) in [6.07, 6.45) is 0. The van der Waals surface area contributed by atoms with Crippen molar-refractivity contribution in [1.29, 1.82) is 0 Å². The quantitative estimate of drug-likeness (QED) is 0.565. The normalized spacial score (nSPS) is 11.0. The third kappa shape index (κ3) is 2.32. The predicted molar refractivity (Wildman–Crippen MR) is 93.2 cm³/mol. The summed E-state index contributed by atoms with van der Waals surface area (Å²) in [5, 5.41) is 1.96. The number of fused-ring (bicyclic) bond motifs is 2. The average molecular weight is 298 g/mol. The Bertz CT molecular complexity index is 1040. The number of carbonyl (C=O) groups excluding carboxylic acids is 1. The molecule has 0 radical (unpaired) electrons. The van der Waals surface area contributed by atoms with E-state index in [4.69, 9.17) is 5.73 Å². The van der Waals surface area contributed by atoms with Crippen LogP contribution in [0.1, 0.15) is 10.4 Å². The number of rotatable bonds is 2. The summed E-state index contributed by atoms with van der Waals surface area (Å²) in [6.45, 7) is 0. The SMILES string of the molecule is NC(=O)c1cccc2cc3cc(-c4ccccc4)ccc3nc12. The number of benzene rings is 3. The number of aromatic nitrogens is 1. The van der Waals surface area contributed by atoms with E-state index in [1.807, 2.05) is 42.5 Å². The van der Waals surface area contributed by atoms with Gasteiger partial charge in [-0.1, -0.05) is 48.5 Å². The Kier molecular flexibility index (Phi) is 3.05. The molecule has 0 saturated heterocycles. The molecule has 3 aromatic carbocycles. The second-order valence-electron chi connectivity index (χ2n) is 5.50.